The van der Waals surface area contributed by atoms with Gasteiger partial charge in [-0.05, 0) is 0 Å². The molecular weight excluding hydrogens is 218 g/mol. The first-order valence-electron chi connectivity index (χ1n) is 4.44. The summed E-state index contributed by atoms with van der Waals surface area (Å²) in [5, 5.41) is 2.96. The van der Waals surface area contributed by atoms with Crippen LogP contribution in [0.3, 0.4) is 0 Å². The molecule has 1 N–H and O–H groups in total. The van der Waals surface area contributed by atoms with Gasteiger partial charge >= 0.3 is 6.01 Å². The molecule has 0 saturated carbocycles. The molecule has 0 radical (unpaired) electrons. The van der Waals surface area contributed by atoms with Crippen molar-refractivity contribution in [3.05, 3.63) is 0 Å². The van der Waals surface area contributed by atoms with Crippen LogP contribution in [0.4, 0.5) is 11.9 Å². The van der Waals surface area contributed by atoms with Crippen LogP contribution in [-0.2, 0) is 0 Å². The minimum atomic E-state index is 0.283. The zero-order valence-corrected chi connectivity index (χ0v) is 9.75. The van der Waals surface area contributed by atoms with Crippen molar-refractivity contribution in [1.29, 1.82) is 0 Å². The highest BCUT2D eigenvalue weighted by molar-refractivity contribution is 6.18. The summed E-state index contributed by atoms with van der Waals surface area (Å²) in [7, 11) is 5.21. The maximum Gasteiger partial charge on any atom is 0.322 e. The van der Waals surface area contributed by atoms with Crippen molar-refractivity contribution in [2.75, 3.05) is 43.8 Å². The third-order valence-electron chi connectivity index (χ3n) is 1.56. The molecule has 7 heteroatoms. The molecule has 0 aliphatic carbocycles. The summed E-state index contributed by atoms with van der Waals surface area (Å²) in [5.41, 5.74) is 0. The van der Waals surface area contributed by atoms with E-state index in [1.54, 1.807) is 4.90 Å². The number of alkyl halides is 1. The van der Waals surface area contributed by atoms with Crippen molar-refractivity contribution in [2.45, 2.75) is 0 Å². The van der Waals surface area contributed by atoms with Gasteiger partial charge in [0.2, 0.25) is 11.9 Å². The third kappa shape index (κ3) is 3.39. The molecule has 0 aliphatic rings. The summed E-state index contributed by atoms with van der Waals surface area (Å²) >= 11 is 5.55. The van der Waals surface area contributed by atoms with E-state index in [0.29, 0.717) is 24.3 Å². The standard InChI is InChI=1S/C8H14ClN5O/c1-14(2)7-11-6(10-5-4-9)12-8(13-7)15-3/h4-5H2,1-3H3,(H,10,11,12,13). The minimum Gasteiger partial charge on any atom is -0.467 e. The molecule has 0 bridgehead atoms. The lowest BCUT2D eigenvalue weighted by Crippen LogP contribution is -2.16. The number of rotatable bonds is 5. The number of nitrogens with zero attached hydrogens (tertiary/aromatic N) is 4. The Hall–Kier alpha value is -1.30. The van der Waals surface area contributed by atoms with E-state index in [9.17, 15) is 0 Å². The van der Waals surface area contributed by atoms with Crippen LogP contribution < -0.4 is 15.0 Å². The second kappa shape index (κ2) is 5.55. The van der Waals surface area contributed by atoms with Crippen LogP contribution in [0.15, 0.2) is 0 Å². The Morgan fingerprint density at radius 2 is 2.07 bits per heavy atom. The highest BCUT2D eigenvalue weighted by atomic mass is 35.5. The minimum absolute atomic E-state index is 0.283. The lowest BCUT2D eigenvalue weighted by atomic mass is 10.7. The van der Waals surface area contributed by atoms with Crippen LogP contribution >= 0.6 is 11.6 Å². The number of halogens is 1. The Kier molecular flexibility index (Phi) is 4.36. The molecule has 0 saturated heterocycles. The molecule has 6 nitrogen and oxygen atoms in total. The molecule has 0 unspecified atom stereocenters. The Balaban J connectivity index is 2.90. The summed E-state index contributed by atoms with van der Waals surface area (Å²) in [6.45, 7) is 0.599. The fourth-order valence-corrected chi connectivity index (χ4v) is 0.970. The maximum absolute atomic E-state index is 5.55. The van der Waals surface area contributed by atoms with Crippen molar-refractivity contribution < 1.29 is 4.74 Å². The second-order valence-electron chi connectivity index (χ2n) is 2.96. The summed E-state index contributed by atoms with van der Waals surface area (Å²) in [6.07, 6.45) is 0. The second-order valence-corrected chi connectivity index (χ2v) is 3.33. The molecule has 15 heavy (non-hydrogen) atoms. The van der Waals surface area contributed by atoms with E-state index in [2.05, 4.69) is 20.3 Å². The first kappa shape index (κ1) is 11.8. The molecule has 1 rings (SSSR count). The van der Waals surface area contributed by atoms with E-state index in [-0.39, 0.29) is 6.01 Å². The highest BCUT2D eigenvalue weighted by Crippen LogP contribution is 2.12. The molecule has 0 aromatic carbocycles. The predicted octanol–water partition coefficient (Wildman–Crippen LogP) is 0.597. The zero-order chi connectivity index (χ0) is 11.3. The van der Waals surface area contributed by atoms with Crippen molar-refractivity contribution in [2.24, 2.45) is 0 Å². The summed E-state index contributed by atoms with van der Waals surface area (Å²) < 4.78 is 4.96. The molecule has 0 fully saturated rings. The van der Waals surface area contributed by atoms with E-state index in [1.807, 2.05) is 14.1 Å². The molecule has 1 aromatic heterocycles. The zero-order valence-electron chi connectivity index (χ0n) is 8.99. The smallest absolute Gasteiger partial charge is 0.322 e. The van der Waals surface area contributed by atoms with Crippen LogP contribution in [0.2, 0.25) is 0 Å². The van der Waals surface area contributed by atoms with Gasteiger partial charge in [0.25, 0.3) is 0 Å². The quantitative estimate of drug-likeness (QED) is 0.749. The van der Waals surface area contributed by atoms with Gasteiger partial charge in [0.15, 0.2) is 0 Å². The first-order valence-corrected chi connectivity index (χ1v) is 4.98. The monoisotopic (exact) mass is 231 g/mol. The molecule has 1 heterocycles. The summed E-state index contributed by atoms with van der Waals surface area (Å²) in [4.78, 5) is 14.0. The fourth-order valence-electron chi connectivity index (χ4n) is 0.875. The van der Waals surface area contributed by atoms with Gasteiger partial charge in [0.1, 0.15) is 0 Å². The molecule has 0 spiro atoms. The van der Waals surface area contributed by atoms with Crippen LogP contribution in [0.25, 0.3) is 0 Å². The Morgan fingerprint density at radius 1 is 1.33 bits per heavy atom. The number of nitrogens with one attached hydrogen (secondary N) is 1. The molecule has 1 aromatic rings. The number of ether oxygens (including phenoxy) is 1. The molecule has 0 amide bonds. The number of aromatic nitrogens is 3. The maximum atomic E-state index is 5.55. The summed E-state index contributed by atoms with van der Waals surface area (Å²) in [5.74, 6) is 1.50. The van der Waals surface area contributed by atoms with Crippen molar-refractivity contribution >= 4 is 23.5 Å². The lowest BCUT2D eigenvalue weighted by Gasteiger charge is -2.12. The largest absolute Gasteiger partial charge is 0.467 e. The van der Waals surface area contributed by atoms with Gasteiger partial charge in [-0.2, -0.15) is 15.0 Å². The predicted molar refractivity (Wildman–Crippen MR) is 59.9 cm³/mol. The molecular formula is C8H14ClN5O. The van der Waals surface area contributed by atoms with Gasteiger partial charge in [-0.1, -0.05) is 0 Å². The van der Waals surface area contributed by atoms with Crippen LogP contribution in [0.1, 0.15) is 0 Å². The van der Waals surface area contributed by atoms with Gasteiger partial charge < -0.3 is 15.0 Å². The third-order valence-corrected chi connectivity index (χ3v) is 1.75. The molecule has 0 aliphatic heterocycles. The number of hydrogen-bond donors (Lipinski definition) is 1. The Bertz CT molecular complexity index is 320. The van der Waals surface area contributed by atoms with Gasteiger partial charge in [-0.15, -0.1) is 11.6 Å². The molecule has 84 valence electrons. The van der Waals surface area contributed by atoms with Gasteiger partial charge in [0.05, 0.1) is 7.11 Å². The van der Waals surface area contributed by atoms with Crippen LogP contribution in [0.5, 0.6) is 6.01 Å². The normalized spacial score (nSPS) is 9.87. The highest BCUT2D eigenvalue weighted by Gasteiger charge is 2.07. The topological polar surface area (TPSA) is 63.2 Å². The average Bonchev–Trinajstić information content (AvgIpc) is 2.25. The van der Waals surface area contributed by atoms with E-state index < -0.39 is 0 Å². The van der Waals surface area contributed by atoms with Gasteiger partial charge in [0, 0.05) is 26.5 Å². The molecule has 0 atom stereocenters. The van der Waals surface area contributed by atoms with Crippen LogP contribution in [-0.4, -0.2) is 48.6 Å². The van der Waals surface area contributed by atoms with Crippen molar-refractivity contribution in [3.8, 4) is 6.01 Å². The number of anilines is 2. The summed E-state index contributed by atoms with van der Waals surface area (Å²) in [6, 6.07) is 0.283. The number of hydrogen-bond acceptors (Lipinski definition) is 6. The van der Waals surface area contributed by atoms with E-state index in [0.717, 1.165) is 0 Å². The van der Waals surface area contributed by atoms with Gasteiger partial charge in [-0.3, -0.25) is 0 Å². The van der Waals surface area contributed by atoms with Crippen molar-refractivity contribution in [3.63, 3.8) is 0 Å². The van der Waals surface area contributed by atoms with Crippen LogP contribution in [0, 0.1) is 0 Å². The van der Waals surface area contributed by atoms with E-state index in [1.165, 1.54) is 7.11 Å². The first-order chi connectivity index (χ1) is 7.17. The Morgan fingerprint density at radius 3 is 2.60 bits per heavy atom. The van der Waals surface area contributed by atoms with E-state index >= 15 is 0 Å². The van der Waals surface area contributed by atoms with Crippen molar-refractivity contribution in [1.82, 2.24) is 15.0 Å². The Labute approximate surface area is 93.6 Å². The number of methoxy groups -OCH3 is 1. The van der Waals surface area contributed by atoms with E-state index in [4.69, 9.17) is 16.3 Å². The van der Waals surface area contributed by atoms with Gasteiger partial charge in [-0.25, -0.2) is 0 Å². The fraction of sp³-hybridized carbons (Fsp3) is 0.625. The average molecular weight is 232 g/mol. The SMILES string of the molecule is COc1nc(NCCCl)nc(N(C)C)n1. The lowest BCUT2D eigenvalue weighted by molar-refractivity contribution is 0.379.